The smallest absolute Gasteiger partial charge is 0.244 e. The van der Waals surface area contributed by atoms with E-state index in [2.05, 4.69) is 5.32 Å². The largest absolute Gasteiger partial charge is 0.497 e. The van der Waals surface area contributed by atoms with Gasteiger partial charge in [-0.25, -0.2) is 8.42 Å². The van der Waals surface area contributed by atoms with Crippen LogP contribution in [-0.2, 0) is 32.6 Å². The molecule has 0 saturated heterocycles. The van der Waals surface area contributed by atoms with Gasteiger partial charge in [-0.05, 0) is 61.2 Å². The first kappa shape index (κ1) is 30.7. The molecular weight excluding hydrogens is 526 g/mol. The number of nitrogens with one attached hydrogen (secondary N) is 1. The number of benzene rings is 3. The van der Waals surface area contributed by atoms with Crippen LogP contribution in [0.3, 0.4) is 0 Å². The van der Waals surface area contributed by atoms with Gasteiger partial charge in [0.05, 0.1) is 19.1 Å². The van der Waals surface area contributed by atoms with Crippen molar-refractivity contribution in [3.05, 3.63) is 95.6 Å². The fraction of sp³-hybridized carbons (Fsp3) is 0.355. The number of amides is 2. The Kier molecular flexibility index (Phi) is 10.7. The van der Waals surface area contributed by atoms with Crippen molar-refractivity contribution in [3.8, 4) is 5.75 Å². The lowest BCUT2D eigenvalue weighted by Crippen LogP contribution is -2.54. The fourth-order valence-corrected chi connectivity index (χ4v) is 5.20. The molecule has 0 saturated carbocycles. The highest BCUT2D eigenvalue weighted by Crippen LogP contribution is 2.22. The molecular formula is C31H39N3O5S. The Bertz CT molecular complexity index is 1390. The van der Waals surface area contributed by atoms with E-state index in [4.69, 9.17) is 4.74 Å². The van der Waals surface area contributed by atoms with Crippen molar-refractivity contribution in [1.82, 2.24) is 10.2 Å². The molecule has 9 heteroatoms. The number of ether oxygens (including phenoxy) is 1. The first-order valence-corrected chi connectivity index (χ1v) is 15.2. The van der Waals surface area contributed by atoms with Gasteiger partial charge in [0.25, 0.3) is 0 Å². The van der Waals surface area contributed by atoms with Crippen molar-refractivity contribution < 1.29 is 22.7 Å². The third-order valence-corrected chi connectivity index (χ3v) is 7.87. The summed E-state index contributed by atoms with van der Waals surface area (Å²) < 4.78 is 32.2. The van der Waals surface area contributed by atoms with E-state index in [1.54, 1.807) is 37.4 Å². The minimum Gasteiger partial charge on any atom is -0.497 e. The van der Waals surface area contributed by atoms with Crippen molar-refractivity contribution in [2.75, 3.05) is 24.2 Å². The maximum Gasteiger partial charge on any atom is 0.244 e. The molecule has 0 aliphatic carbocycles. The van der Waals surface area contributed by atoms with Crippen LogP contribution in [0, 0.1) is 6.92 Å². The zero-order chi connectivity index (χ0) is 29.3. The molecule has 214 valence electrons. The number of carbonyl (C=O) groups is 2. The van der Waals surface area contributed by atoms with E-state index in [-0.39, 0.29) is 24.9 Å². The van der Waals surface area contributed by atoms with E-state index in [1.807, 2.05) is 69.3 Å². The van der Waals surface area contributed by atoms with Gasteiger partial charge < -0.3 is 15.0 Å². The first-order valence-electron chi connectivity index (χ1n) is 13.3. The second-order valence-electron chi connectivity index (χ2n) is 10.0. The van der Waals surface area contributed by atoms with Crippen molar-refractivity contribution in [2.24, 2.45) is 0 Å². The Morgan fingerprint density at radius 1 is 0.950 bits per heavy atom. The number of rotatable bonds is 13. The normalized spacial score (nSPS) is 12.7. The molecule has 0 aliphatic rings. The predicted molar refractivity (Wildman–Crippen MR) is 159 cm³/mol. The average Bonchev–Trinajstić information content (AvgIpc) is 2.93. The Hall–Kier alpha value is -3.85. The highest BCUT2D eigenvalue weighted by Gasteiger charge is 2.33. The highest BCUT2D eigenvalue weighted by molar-refractivity contribution is 7.92. The molecule has 0 aromatic heterocycles. The molecule has 2 amide bonds. The van der Waals surface area contributed by atoms with Crippen LogP contribution >= 0.6 is 0 Å². The van der Waals surface area contributed by atoms with Gasteiger partial charge in [-0.3, -0.25) is 13.9 Å². The quantitative estimate of drug-likeness (QED) is 0.333. The van der Waals surface area contributed by atoms with Crippen LogP contribution in [0.1, 0.15) is 37.0 Å². The SMILES string of the molecule is CCC(C)NC(=O)C(Cc1ccccc1)N(Cc1cccc(OC)c1)C(=O)CN(c1cccc(C)c1)S(C)(=O)=O. The van der Waals surface area contributed by atoms with E-state index >= 15 is 0 Å². The van der Waals surface area contributed by atoms with Gasteiger partial charge in [0.2, 0.25) is 21.8 Å². The Balaban J connectivity index is 2.07. The summed E-state index contributed by atoms with van der Waals surface area (Å²) in [7, 11) is -2.25. The van der Waals surface area contributed by atoms with E-state index in [0.29, 0.717) is 11.4 Å². The van der Waals surface area contributed by atoms with Crippen molar-refractivity contribution in [2.45, 2.75) is 52.2 Å². The molecule has 1 N–H and O–H groups in total. The number of hydrogen-bond donors (Lipinski definition) is 1. The number of carbonyl (C=O) groups excluding carboxylic acids is 2. The molecule has 0 fully saturated rings. The monoisotopic (exact) mass is 565 g/mol. The molecule has 0 bridgehead atoms. The molecule has 2 unspecified atom stereocenters. The van der Waals surface area contributed by atoms with Crippen molar-refractivity contribution in [1.29, 1.82) is 0 Å². The topological polar surface area (TPSA) is 96.0 Å². The molecule has 0 radical (unpaired) electrons. The van der Waals surface area contributed by atoms with E-state index in [9.17, 15) is 18.0 Å². The van der Waals surface area contributed by atoms with Gasteiger partial charge in [0, 0.05) is 19.0 Å². The summed E-state index contributed by atoms with van der Waals surface area (Å²) in [5.41, 5.74) is 2.89. The van der Waals surface area contributed by atoms with Crippen molar-refractivity contribution >= 4 is 27.5 Å². The molecule has 3 aromatic rings. The van der Waals surface area contributed by atoms with Gasteiger partial charge in [-0.1, -0.05) is 61.5 Å². The van der Waals surface area contributed by atoms with E-state index < -0.39 is 28.5 Å². The zero-order valence-corrected chi connectivity index (χ0v) is 24.6. The Morgan fingerprint density at radius 2 is 1.62 bits per heavy atom. The van der Waals surface area contributed by atoms with Crippen LogP contribution in [-0.4, -0.2) is 57.1 Å². The van der Waals surface area contributed by atoms with E-state index in [0.717, 1.165) is 33.7 Å². The van der Waals surface area contributed by atoms with Crippen LogP contribution in [0.15, 0.2) is 78.9 Å². The second kappa shape index (κ2) is 14.0. The first-order chi connectivity index (χ1) is 19.0. The number of aryl methyl sites for hydroxylation is 1. The van der Waals surface area contributed by atoms with Gasteiger partial charge in [0.1, 0.15) is 18.3 Å². The van der Waals surface area contributed by atoms with Crippen LogP contribution in [0.4, 0.5) is 5.69 Å². The zero-order valence-electron chi connectivity index (χ0n) is 23.8. The third-order valence-electron chi connectivity index (χ3n) is 6.73. The van der Waals surface area contributed by atoms with Gasteiger partial charge in [0.15, 0.2) is 0 Å². The molecule has 0 aliphatic heterocycles. The maximum absolute atomic E-state index is 14.1. The summed E-state index contributed by atoms with van der Waals surface area (Å²) >= 11 is 0. The predicted octanol–water partition coefficient (Wildman–Crippen LogP) is 4.32. The summed E-state index contributed by atoms with van der Waals surface area (Å²) in [6, 6.07) is 22.8. The lowest BCUT2D eigenvalue weighted by Gasteiger charge is -2.34. The van der Waals surface area contributed by atoms with Crippen LogP contribution < -0.4 is 14.4 Å². The fourth-order valence-electron chi connectivity index (χ4n) is 4.36. The second-order valence-corrected chi connectivity index (χ2v) is 11.9. The Labute approximate surface area is 238 Å². The molecule has 2 atom stereocenters. The Morgan fingerprint density at radius 3 is 2.25 bits per heavy atom. The van der Waals surface area contributed by atoms with E-state index in [1.165, 1.54) is 4.90 Å². The summed E-state index contributed by atoms with van der Waals surface area (Å²) in [6.07, 6.45) is 2.07. The summed E-state index contributed by atoms with van der Waals surface area (Å²) in [6.45, 7) is 5.38. The lowest BCUT2D eigenvalue weighted by atomic mass is 10.0. The summed E-state index contributed by atoms with van der Waals surface area (Å²) in [5, 5.41) is 3.03. The molecule has 3 aromatic carbocycles. The standard InChI is InChI=1S/C31H39N3O5S/c1-6-24(3)32-31(36)29(20-25-13-8-7-9-14-25)33(21-26-15-11-17-28(19-26)39-4)30(35)22-34(40(5,37)38)27-16-10-12-23(2)18-27/h7-19,24,29H,6,20-22H2,1-5H3,(H,32,36). The maximum atomic E-state index is 14.1. The summed E-state index contributed by atoms with van der Waals surface area (Å²) in [4.78, 5) is 29.3. The number of nitrogens with zero attached hydrogens (tertiary/aromatic N) is 2. The number of hydrogen-bond acceptors (Lipinski definition) is 5. The molecule has 3 rings (SSSR count). The van der Waals surface area contributed by atoms with Crippen LogP contribution in [0.5, 0.6) is 5.75 Å². The van der Waals surface area contributed by atoms with Crippen molar-refractivity contribution in [3.63, 3.8) is 0 Å². The minimum atomic E-state index is -3.81. The number of anilines is 1. The van der Waals surface area contributed by atoms with Gasteiger partial charge in [-0.15, -0.1) is 0 Å². The molecule has 40 heavy (non-hydrogen) atoms. The molecule has 8 nitrogen and oxygen atoms in total. The minimum absolute atomic E-state index is 0.0902. The average molecular weight is 566 g/mol. The number of methoxy groups -OCH3 is 1. The third kappa shape index (κ3) is 8.58. The molecule has 0 heterocycles. The molecule has 0 spiro atoms. The van der Waals surface area contributed by atoms with Gasteiger partial charge in [-0.2, -0.15) is 0 Å². The highest BCUT2D eigenvalue weighted by atomic mass is 32.2. The van der Waals surface area contributed by atoms with Gasteiger partial charge >= 0.3 is 0 Å². The van der Waals surface area contributed by atoms with Crippen LogP contribution in [0.2, 0.25) is 0 Å². The summed E-state index contributed by atoms with van der Waals surface area (Å²) in [5.74, 6) is -0.169. The number of sulfonamides is 1. The lowest BCUT2D eigenvalue weighted by molar-refractivity contribution is -0.140. The van der Waals surface area contributed by atoms with Crippen LogP contribution in [0.25, 0.3) is 0 Å².